The Bertz CT molecular complexity index is 729. The number of ether oxygens (including phenoxy) is 2. The van der Waals surface area contributed by atoms with Gasteiger partial charge in [0.05, 0.1) is 37.6 Å². The van der Waals surface area contributed by atoms with Crippen molar-refractivity contribution >= 4 is 12.0 Å². The van der Waals surface area contributed by atoms with E-state index in [9.17, 15) is 9.59 Å². The molecule has 1 saturated heterocycles. The molecule has 2 heterocycles. The summed E-state index contributed by atoms with van der Waals surface area (Å²) in [5.74, 6) is 0.214. The summed E-state index contributed by atoms with van der Waals surface area (Å²) in [6.45, 7) is 1.16. The van der Waals surface area contributed by atoms with Gasteiger partial charge in [-0.3, -0.25) is 0 Å². The highest BCUT2D eigenvalue weighted by atomic mass is 16.5. The van der Waals surface area contributed by atoms with E-state index in [0.29, 0.717) is 31.1 Å². The topological polar surface area (TPSA) is 110 Å². The second-order valence-electron chi connectivity index (χ2n) is 5.86. The normalized spacial score (nSPS) is 19.5. The van der Waals surface area contributed by atoms with Gasteiger partial charge in [-0.2, -0.15) is 0 Å². The predicted molar refractivity (Wildman–Crippen MR) is 91.1 cm³/mol. The molecule has 3 rings (SSSR count). The SMILES string of the molecule is O=C(NCc1ccco1)N[C@@H]1COCC[C@H]1Oc1ccc(C(=O)O)cc1. The molecule has 2 amide bonds. The summed E-state index contributed by atoms with van der Waals surface area (Å²) in [6, 6.07) is 9.04. The minimum atomic E-state index is -0.990. The molecular weight excluding hydrogens is 340 g/mol. The highest BCUT2D eigenvalue weighted by Crippen LogP contribution is 2.19. The van der Waals surface area contributed by atoms with Crippen LogP contribution < -0.4 is 15.4 Å². The van der Waals surface area contributed by atoms with Crippen LogP contribution in [0.5, 0.6) is 5.75 Å². The Morgan fingerprint density at radius 1 is 1.23 bits per heavy atom. The van der Waals surface area contributed by atoms with Gasteiger partial charge in [-0.1, -0.05) is 0 Å². The summed E-state index contributed by atoms with van der Waals surface area (Å²) in [5, 5.41) is 14.5. The Morgan fingerprint density at radius 3 is 2.73 bits per heavy atom. The molecule has 0 aliphatic carbocycles. The van der Waals surface area contributed by atoms with E-state index in [1.54, 1.807) is 30.5 Å². The maximum Gasteiger partial charge on any atom is 0.335 e. The molecule has 1 aromatic heterocycles. The highest BCUT2D eigenvalue weighted by molar-refractivity contribution is 5.87. The van der Waals surface area contributed by atoms with Crippen LogP contribution in [0.4, 0.5) is 4.79 Å². The zero-order chi connectivity index (χ0) is 18.4. The van der Waals surface area contributed by atoms with Crippen LogP contribution in [0.1, 0.15) is 22.5 Å². The lowest BCUT2D eigenvalue weighted by molar-refractivity contribution is -0.000304. The van der Waals surface area contributed by atoms with E-state index in [1.807, 2.05) is 0 Å². The van der Waals surface area contributed by atoms with Crippen molar-refractivity contribution in [3.63, 3.8) is 0 Å². The predicted octanol–water partition coefficient (Wildman–Crippen LogP) is 2.01. The van der Waals surface area contributed by atoms with E-state index >= 15 is 0 Å². The fourth-order valence-electron chi connectivity index (χ4n) is 2.64. The summed E-state index contributed by atoms with van der Waals surface area (Å²) in [5.41, 5.74) is 0.191. The molecule has 26 heavy (non-hydrogen) atoms. The Labute approximate surface area is 150 Å². The number of nitrogens with one attached hydrogen (secondary N) is 2. The molecule has 0 saturated carbocycles. The molecule has 8 nitrogen and oxygen atoms in total. The molecule has 1 aliphatic heterocycles. The Morgan fingerprint density at radius 2 is 2.04 bits per heavy atom. The number of hydrogen-bond acceptors (Lipinski definition) is 5. The number of rotatable bonds is 6. The second kappa shape index (κ2) is 8.39. The van der Waals surface area contributed by atoms with Crippen molar-refractivity contribution in [1.29, 1.82) is 0 Å². The molecular formula is C18H20N2O6. The number of carbonyl (C=O) groups is 2. The summed E-state index contributed by atoms with van der Waals surface area (Å²) in [7, 11) is 0. The van der Waals surface area contributed by atoms with Gasteiger partial charge >= 0.3 is 12.0 Å². The van der Waals surface area contributed by atoms with Crippen LogP contribution >= 0.6 is 0 Å². The average Bonchev–Trinajstić information content (AvgIpc) is 3.16. The maximum atomic E-state index is 12.1. The monoisotopic (exact) mass is 360 g/mol. The van der Waals surface area contributed by atoms with E-state index < -0.39 is 5.97 Å². The molecule has 0 unspecified atom stereocenters. The lowest BCUT2D eigenvalue weighted by Crippen LogP contribution is -2.54. The molecule has 1 aliphatic rings. The maximum absolute atomic E-state index is 12.1. The number of benzene rings is 1. The first-order chi connectivity index (χ1) is 12.6. The highest BCUT2D eigenvalue weighted by Gasteiger charge is 2.29. The van der Waals surface area contributed by atoms with Gasteiger partial charge in [0.1, 0.15) is 17.6 Å². The third-order valence-corrected chi connectivity index (χ3v) is 4.00. The van der Waals surface area contributed by atoms with Crippen LogP contribution in [0.3, 0.4) is 0 Å². The van der Waals surface area contributed by atoms with Gasteiger partial charge in [-0.05, 0) is 36.4 Å². The average molecular weight is 360 g/mol. The van der Waals surface area contributed by atoms with Gasteiger partial charge in [0.2, 0.25) is 0 Å². The Kier molecular flexibility index (Phi) is 5.75. The summed E-state index contributed by atoms with van der Waals surface area (Å²) < 4.78 is 16.5. The fourth-order valence-corrected chi connectivity index (χ4v) is 2.64. The zero-order valence-electron chi connectivity index (χ0n) is 14.0. The number of amides is 2. The zero-order valence-corrected chi connectivity index (χ0v) is 14.0. The number of urea groups is 1. The lowest BCUT2D eigenvalue weighted by atomic mass is 10.1. The minimum Gasteiger partial charge on any atom is -0.488 e. The molecule has 2 aromatic rings. The number of carbonyl (C=O) groups excluding carboxylic acids is 1. The quantitative estimate of drug-likeness (QED) is 0.727. The largest absolute Gasteiger partial charge is 0.488 e. The molecule has 0 spiro atoms. The molecule has 1 aromatic carbocycles. The van der Waals surface area contributed by atoms with E-state index in [-0.39, 0.29) is 30.3 Å². The molecule has 1 fully saturated rings. The summed E-state index contributed by atoms with van der Waals surface area (Å²) in [4.78, 5) is 23.0. The minimum absolute atomic E-state index is 0.191. The van der Waals surface area contributed by atoms with Crippen molar-refractivity contribution in [1.82, 2.24) is 10.6 Å². The third-order valence-electron chi connectivity index (χ3n) is 4.00. The molecule has 2 atom stereocenters. The van der Waals surface area contributed by atoms with E-state index in [2.05, 4.69) is 10.6 Å². The van der Waals surface area contributed by atoms with Crippen molar-refractivity contribution in [2.24, 2.45) is 0 Å². The lowest BCUT2D eigenvalue weighted by Gasteiger charge is -2.32. The van der Waals surface area contributed by atoms with Crippen molar-refractivity contribution in [3.05, 3.63) is 54.0 Å². The smallest absolute Gasteiger partial charge is 0.335 e. The molecule has 0 radical (unpaired) electrons. The van der Waals surface area contributed by atoms with Crippen molar-refractivity contribution in [2.75, 3.05) is 13.2 Å². The molecule has 138 valence electrons. The van der Waals surface area contributed by atoms with Crippen LogP contribution in [-0.4, -0.2) is 42.5 Å². The molecule has 3 N–H and O–H groups in total. The number of hydrogen-bond donors (Lipinski definition) is 3. The van der Waals surface area contributed by atoms with Crippen molar-refractivity contribution in [2.45, 2.75) is 25.1 Å². The third kappa shape index (κ3) is 4.76. The molecule has 0 bridgehead atoms. The number of carboxylic acid groups (broad SMARTS) is 1. The summed E-state index contributed by atoms with van der Waals surface area (Å²) >= 11 is 0. The van der Waals surface area contributed by atoms with Gasteiger partial charge in [-0.15, -0.1) is 0 Å². The standard InChI is InChI=1S/C18H20N2O6/c21-17(22)12-3-5-13(6-4-12)26-16-7-9-24-11-15(16)20-18(23)19-10-14-2-1-8-25-14/h1-6,8,15-16H,7,9-11H2,(H,21,22)(H2,19,20,23)/t15-,16-/m1/s1. The second-order valence-corrected chi connectivity index (χ2v) is 5.86. The van der Waals surface area contributed by atoms with E-state index in [1.165, 1.54) is 12.1 Å². The van der Waals surface area contributed by atoms with Crippen LogP contribution in [0.2, 0.25) is 0 Å². The van der Waals surface area contributed by atoms with Gasteiger partial charge < -0.3 is 29.6 Å². The summed E-state index contributed by atoms with van der Waals surface area (Å²) in [6.07, 6.45) is 1.89. The van der Waals surface area contributed by atoms with Crippen molar-refractivity contribution in [3.8, 4) is 5.75 Å². The van der Waals surface area contributed by atoms with Crippen molar-refractivity contribution < 1.29 is 28.6 Å². The van der Waals surface area contributed by atoms with Gasteiger partial charge in [0.25, 0.3) is 0 Å². The Balaban J connectivity index is 1.55. The van der Waals surface area contributed by atoms with Crippen LogP contribution in [0.15, 0.2) is 47.1 Å². The number of furan rings is 1. The number of carboxylic acids is 1. The van der Waals surface area contributed by atoms with Gasteiger partial charge in [0.15, 0.2) is 0 Å². The van der Waals surface area contributed by atoms with E-state index in [0.717, 1.165) is 0 Å². The molecule has 8 heteroatoms. The Hall–Kier alpha value is -3.00. The van der Waals surface area contributed by atoms with Crippen LogP contribution in [0.25, 0.3) is 0 Å². The van der Waals surface area contributed by atoms with E-state index in [4.69, 9.17) is 19.0 Å². The van der Waals surface area contributed by atoms with Gasteiger partial charge in [0, 0.05) is 6.42 Å². The van der Waals surface area contributed by atoms with Crippen LogP contribution in [0, 0.1) is 0 Å². The first-order valence-corrected chi connectivity index (χ1v) is 8.26. The first-order valence-electron chi connectivity index (χ1n) is 8.26. The van der Waals surface area contributed by atoms with Gasteiger partial charge in [-0.25, -0.2) is 9.59 Å². The fraction of sp³-hybridized carbons (Fsp3) is 0.333. The number of aromatic carboxylic acids is 1. The van der Waals surface area contributed by atoms with Crippen LogP contribution in [-0.2, 0) is 11.3 Å². The first kappa shape index (κ1) is 17.8.